The quantitative estimate of drug-likeness (QED) is 0.846. The zero-order valence-electron chi connectivity index (χ0n) is 11.5. The van der Waals surface area contributed by atoms with Gasteiger partial charge >= 0.3 is 0 Å². The first-order valence-corrected chi connectivity index (χ1v) is 8.10. The molecule has 106 valence electrons. The van der Waals surface area contributed by atoms with Gasteiger partial charge in [-0.25, -0.2) is 0 Å². The summed E-state index contributed by atoms with van der Waals surface area (Å²) in [6.07, 6.45) is 2.60. The van der Waals surface area contributed by atoms with Crippen LogP contribution < -0.4 is 10.1 Å². The maximum atomic E-state index is 5.96. The standard InChI is InChI=1S/C16H18ClNOS/c1-11-2-6-15(12(8-11)9-18-13-3-4-13)19-10-14-5-7-16(17)20-14/h2,5-8,13,18H,3-4,9-10H2,1H3. The van der Waals surface area contributed by atoms with E-state index in [4.69, 9.17) is 16.3 Å². The van der Waals surface area contributed by atoms with Crippen molar-refractivity contribution in [1.82, 2.24) is 5.32 Å². The van der Waals surface area contributed by atoms with Gasteiger partial charge in [-0.3, -0.25) is 0 Å². The molecule has 1 heterocycles. The van der Waals surface area contributed by atoms with Crippen LogP contribution in [0.15, 0.2) is 30.3 Å². The molecular formula is C16H18ClNOS. The molecule has 1 aromatic heterocycles. The van der Waals surface area contributed by atoms with Crippen LogP contribution in [0.5, 0.6) is 5.75 Å². The lowest BCUT2D eigenvalue weighted by molar-refractivity contribution is 0.305. The van der Waals surface area contributed by atoms with E-state index in [0.29, 0.717) is 12.6 Å². The third kappa shape index (κ3) is 3.75. The first kappa shape index (κ1) is 13.9. The highest BCUT2D eigenvalue weighted by atomic mass is 35.5. The molecule has 1 fully saturated rings. The molecular weight excluding hydrogens is 290 g/mol. The summed E-state index contributed by atoms with van der Waals surface area (Å²) in [7, 11) is 0. The largest absolute Gasteiger partial charge is 0.488 e. The maximum absolute atomic E-state index is 5.96. The number of benzene rings is 1. The first-order chi connectivity index (χ1) is 9.70. The molecule has 1 aromatic carbocycles. The number of aryl methyl sites for hydroxylation is 1. The van der Waals surface area contributed by atoms with Crippen LogP contribution in [0, 0.1) is 6.92 Å². The Morgan fingerprint density at radius 1 is 1.30 bits per heavy atom. The lowest BCUT2D eigenvalue weighted by atomic mass is 10.1. The molecule has 0 amide bonds. The van der Waals surface area contributed by atoms with E-state index in [1.807, 2.05) is 12.1 Å². The van der Waals surface area contributed by atoms with Crippen molar-refractivity contribution in [2.24, 2.45) is 0 Å². The van der Waals surface area contributed by atoms with E-state index in [2.05, 4.69) is 30.4 Å². The Kier molecular flexibility index (Phi) is 4.29. The van der Waals surface area contributed by atoms with Gasteiger partial charge in [0.2, 0.25) is 0 Å². The fourth-order valence-electron chi connectivity index (χ4n) is 2.11. The van der Waals surface area contributed by atoms with E-state index >= 15 is 0 Å². The number of ether oxygens (including phenoxy) is 1. The maximum Gasteiger partial charge on any atom is 0.124 e. The molecule has 2 nitrogen and oxygen atoms in total. The number of hydrogen-bond acceptors (Lipinski definition) is 3. The average Bonchev–Trinajstić information content (AvgIpc) is 3.17. The van der Waals surface area contributed by atoms with Crippen molar-refractivity contribution in [2.75, 3.05) is 0 Å². The molecule has 4 heteroatoms. The fraction of sp³-hybridized carbons (Fsp3) is 0.375. The van der Waals surface area contributed by atoms with Crippen LogP contribution in [0.1, 0.15) is 28.8 Å². The van der Waals surface area contributed by atoms with E-state index in [1.165, 1.54) is 24.0 Å². The highest BCUT2D eigenvalue weighted by Crippen LogP contribution is 2.26. The van der Waals surface area contributed by atoms with Gasteiger partial charge in [-0.15, -0.1) is 11.3 Å². The smallest absolute Gasteiger partial charge is 0.124 e. The topological polar surface area (TPSA) is 21.3 Å². The second-order valence-corrected chi connectivity index (χ2v) is 7.06. The molecule has 1 N–H and O–H groups in total. The van der Waals surface area contributed by atoms with Crippen LogP contribution in [-0.2, 0) is 13.2 Å². The highest BCUT2D eigenvalue weighted by molar-refractivity contribution is 7.16. The Morgan fingerprint density at radius 3 is 2.85 bits per heavy atom. The normalized spacial score (nSPS) is 14.5. The minimum Gasteiger partial charge on any atom is -0.488 e. The van der Waals surface area contributed by atoms with Crippen LogP contribution in [-0.4, -0.2) is 6.04 Å². The first-order valence-electron chi connectivity index (χ1n) is 6.90. The Labute approximate surface area is 128 Å². The molecule has 1 aliphatic carbocycles. The van der Waals surface area contributed by atoms with E-state index in [-0.39, 0.29) is 0 Å². The summed E-state index contributed by atoms with van der Waals surface area (Å²) < 4.78 is 6.76. The number of hydrogen-bond donors (Lipinski definition) is 1. The zero-order valence-corrected chi connectivity index (χ0v) is 13.1. The van der Waals surface area contributed by atoms with Crippen LogP contribution >= 0.6 is 22.9 Å². The van der Waals surface area contributed by atoms with Gasteiger partial charge in [-0.2, -0.15) is 0 Å². The van der Waals surface area contributed by atoms with Gasteiger partial charge in [0.25, 0.3) is 0 Å². The van der Waals surface area contributed by atoms with E-state index in [0.717, 1.165) is 21.5 Å². The molecule has 2 aromatic rings. The molecule has 20 heavy (non-hydrogen) atoms. The molecule has 0 unspecified atom stereocenters. The van der Waals surface area contributed by atoms with E-state index in [1.54, 1.807) is 11.3 Å². The molecule has 1 aliphatic rings. The van der Waals surface area contributed by atoms with Gasteiger partial charge < -0.3 is 10.1 Å². The van der Waals surface area contributed by atoms with Crippen molar-refractivity contribution in [3.8, 4) is 5.75 Å². The SMILES string of the molecule is Cc1ccc(OCc2ccc(Cl)s2)c(CNC2CC2)c1. The summed E-state index contributed by atoms with van der Waals surface area (Å²) in [5, 5.41) is 3.54. The van der Waals surface area contributed by atoms with Gasteiger partial charge in [0.15, 0.2) is 0 Å². The molecule has 0 spiro atoms. The molecule has 3 rings (SSSR count). The van der Waals surface area contributed by atoms with Crippen LogP contribution in [0.2, 0.25) is 4.34 Å². The highest BCUT2D eigenvalue weighted by Gasteiger charge is 2.20. The van der Waals surface area contributed by atoms with Gasteiger partial charge in [0, 0.05) is 23.0 Å². The Balaban J connectivity index is 1.66. The van der Waals surface area contributed by atoms with Gasteiger partial charge in [-0.1, -0.05) is 29.3 Å². The van der Waals surface area contributed by atoms with Crippen molar-refractivity contribution in [2.45, 2.75) is 39.0 Å². The lowest BCUT2D eigenvalue weighted by Gasteiger charge is -2.12. The molecule has 0 saturated heterocycles. The summed E-state index contributed by atoms with van der Waals surface area (Å²) in [5.41, 5.74) is 2.50. The average molecular weight is 308 g/mol. The summed E-state index contributed by atoms with van der Waals surface area (Å²) in [4.78, 5) is 1.15. The summed E-state index contributed by atoms with van der Waals surface area (Å²) >= 11 is 7.51. The minimum atomic E-state index is 0.580. The third-order valence-electron chi connectivity index (χ3n) is 3.37. The van der Waals surface area contributed by atoms with Crippen molar-refractivity contribution < 1.29 is 4.74 Å². The van der Waals surface area contributed by atoms with Crippen molar-refractivity contribution in [3.05, 3.63) is 50.7 Å². The van der Waals surface area contributed by atoms with Crippen LogP contribution in [0.25, 0.3) is 0 Å². The molecule has 0 radical (unpaired) electrons. The van der Waals surface area contributed by atoms with Crippen molar-refractivity contribution >= 4 is 22.9 Å². The second-order valence-electron chi connectivity index (χ2n) is 5.26. The number of nitrogens with one attached hydrogen (secondary N) is 1. The number of thiophene rings is 1. The van der Waals surface area contributed by atoms with Crippen molar-refractivity contribution in [1.29, 1.82) is 0 Å². The molecule has 0 bridgehead atoms. The Bertz CT molecular complexity index is 592. The number of halogens is 1. The number of rotatable bonds is 6. The Morgan fingerprint density at radius 2 is 2.15 bits per heavy atom. The van der Waals surface area contributed by atoms with Gasteiger partial charge in [-0.05, 0) is 38.0 Å². The second kappa shape index (κ2) is 6.17. The monoisotopic (exact) mass is 307 g/mol. The van der Waals surface area contributed by atoms with Gasteiger partial charge in [0.05, 0.1) is 4.34 Å². The molecule has 1 saturated carbocycles. The zero-order chi connectivity index (χ0) is 13.9. The summed E-state index contributed by atoms with van der Waals surface area (Å²) in [6.45, 7) is 3.58. The molecule has 0 aliphatic heterocycles. The Hall–Kier alpha value is -1.03. The minimum absolute atomic E-state index is 0.580. The summed E-state index contributed by atoms with van der Waals surface area (Å²) in [5.74, 6) is 0.966. The van der Waals surface area contributed by atoms with E-state index in [9.17, 15) is 0 Å². The van der Waals surface area contributed by atoms with Crippen molar-refractivity contribution in [3.63, 3.8) is 0 Å². The third-order valence-corrected chi connectivity index (χ3v) is 4.58. The molecule has 0 atom stereocenters. The van der Waals surface area contributed by atoms with Gasteiger partial charge in [0.1, 0.15) is 12.4 Å². The predicted molar refractivity (Wildman–Crippen MR) is 84.7 cm³/mol. The lowest BCUT2D eigenvalue weighted by Crippen LogP contribution is -2.16. The fourth-order valence-corrected chi connectivity index (χ4v) is 3.11. The predicted octanol–water partition coefficient (Wildman–Crippen LogP) is 4.54. The van der Waals surface area contributed by atoms with E-state index < -0.39 is 0 Å². The summed E-state index contributed by atoms with van der Waals surface area (Å²) in [6, 6.07) is 11.0. The van der Waals surface area contributed by atoms with Crippen LogP contribution in [0.3, 0.4) is 0 Å². The van der Waals surface area contributed by atoms with Crippen LogP contribution in [0.4, 0.5) is 0 Å².